The van der Waals surface area contributed by atoms with E-state index in [1.165, 1.54) is 0 Å². The minimum Gasteiger partial charge on any atom is -0.487 e. The van der Waals surface area contributed by atoms with Gasteiger partial charge in [0.1, 0.15) is 23.9 Å². The van der Waals surface area contributed by atoms with Gasteiger partial charge >= 0.3 is 0 Å². The van der Waals surface area contributed by atoms with Gasteiger partial charge in [0.2, 0.25) is 0 Å². The second-order valence-electron chi connectivity index (χ2n) is 5.19. The molecule has 5 heteroatoms. The highest BCUT2D eigenvalue weighted by Crippen LogP contribution is 2.29. The Kier molecular flexibility index (Phi) is 5.57. The van der Waals surface area contributed by atoms with Crippen molar-refractivity contribution in [2.75, 3.05) is 0 Å². The molecule has 0 fully saturated rings. The molecule has 0 saturated heterocycles. The van der Waals surface area contributed by atoms with Gasteiger partial charge in [0, 0.05) is 22.7 Å². The van der Waals surface area contributed by atoms with E-state index in [0.29, 0.717) is 35.0 Å². The Morgan fingerprint density at radius 2 is 2.00 bits per heavy atom. The molecule has 0 radical (unpaired) electrons. The normalized spacial score (nSPS) is 11.1. The highest BCUT2D eigenvalue weighted by molar-refractivity contribution is 6.34. The lowest BCUT2D eigenvalue weighted by Crippen LogP contribution is -2.21. The van der Waals surface area contributed by atoms with E-state index in [2.05, 4.69) is 19.2 Å². The summed E-state index contributed by atoms with van der Waals surface area (Å²) in [7, 11) is 0. The van der Waals surface area contributed by atoms with Crippen LogP contribution in [0.1, 0.15) is 30.9 Å². The maximum atomic E-state index is 6.07. The van der Waals surface area contributed by atoms with Gasteiger partial charge in [0.25, 0.3) is 0 Å². The van der Waals surface area contributed by atoms with Crippen molar-refractivity contribution in [2.45, 2.75) is 40.0 Å². The van der Waals surface area contributed by atoms with Crippen molar-refractivity contribution < 1.29 is 9.15 Å². The molecule has 1 N–H and O–H groups in total. The zero-order valence-corrected chi connectivity index (χ0v) is 13.9. The van der Waals surface area contributed by atoms with Crippen LogP contribution in [0.15, 0.2) is 28.7 Å². The van der Waals surface area contributed by atoms with Crippen LogP contribution in [0.25, 0.3) is 0 Å². The number of furan rings is 1. The van der Waals surface area contributed by atoms with Crippen molar-refractivity contribution in [3.05, 3.63) is 51.4 Å². The van der Waals surface area contributed by atoms with Crippen molar-refractivity contribution in [1.29, 1.82) is 0 Å². The van der Waals surface area contributed by atoms with Crippen LogP contribution in [0.3, 0.4) is 0 Å². The molecule has 1 heterocycles. The lowest BCUT2D eigenvalue weighted by molar-refractivity contribution is 0.303. The van der Waals surface area contributed by atoms with Crippen LogP contribution in [-0.2, 0) is 13.2 Å². The minimum atomic E-state index is 0.400. The van der Waals surface area contributed by atoms with Crippen LogP contribution in [0.4, 0.5) is 0 Å². The average Bonchev–Trinajstić information content (AvgIpc) is 2.78. The van der Waals surface area contributed by atoms with E-state index in [9.17, 15) is 0 Å². The molecule has 0 bridgehead atoms. The van der Waals surface area contributed by atoms with E-state index in [-0.39, 0.29) is 0 Å². The molecular weight excluding hydrogens is 309 g/mol. The van der Waals surface area contributed by atoms with Gasteiger partial charge < -0.3 is 14.5 Å². The molecule has 1 aromatic heterocycles. The Balaban J connectivity index is 2.01. The zero-order valence-electron chi connectivity index (χ0n) is 12.4. The number of benzene rings is 1. The summed E-state index contributed by atoms with van der Waals surface area (Å²) in [4.78, 5) is 0. The third-order valence-electron chi connectivity index (χ3n) is 3.03. The first kappa shape index (κ1) is 16.2. The van der Waals surface area contributed by atoms with Gasteiger partial charge in [-0.2, -0.15) is 0 Å². The molecule has 0 spiro atoms. The number of rotatable bonds is 6. The van der Waals surface area contributed by atoms with Crippen LogP contribution in [0.5, 0.6) is 5.75 Å². The highest BCUT2D eigenvalue weighted by atomic mass is 35.5. The van der Waals surface area contributed by atoms with Gasteiger partial charge in [-0.05, 0) is 25.1 Å². The Morgan fingerprint density at radius 3 is 2.71 bits per heavy atom. The third-order valence-corrected chi connectivity index (χ3v) is 3.58. The number of hydrogen-bond donors (Lipinski definition) is 1. The number of ether oxygens (including phenoxy) is 1. The van der Waals surface area contributed by atoms with Gasteiger partial charge in [-0.25, -0.2) is 0 Å². The molecule has 114 valence electrons. The van der Waals surface area contributed by atoms with Gasteiger partial charge in [0.15, 0.2) is 0 Å². The topological polar surface area (TPSA) is 34.4 Å². The molecule has 2 aromatic rings. The standard InChI is InChI=1S/C16H19Cl2NO2/c1-10(2)19-8-14-6-12(11(3)21-14)9-20-16-7-13(17)4-5-15(16)18/h4-7,10,19H,8-9H2,1-3H3. The van der Waals surface area contributed by atoms with Crippen molar-refractivity contribution in [3.63, 3.8) is 0 Å². The summed E-state index contributed by atoms with van der Waals surface area (Å²) in [6.45, 7) is 7.23. The Hall–Kier alpha value is -1.16. The summed E-state index contributed by atoms with van der Waals surface area (Å²) >= 11 is 12.0. The van der Waals surface area contributed by atoms with Crippen LogP contribution in [0.2, 0.25) is 10.0 Å². The number of halogens is 2. The highest BCUT2D eigenvalue weighted by Gasteiger charge is 2.10. The van der Waals surface area contributed by atoms with Crippen LogP contribution in [-0.4, -0.2) is 6.04 Å². The molecule has 1 aromatic carbocycles. The van der Waals surface area contributed by atoms with Gasteiger partial charge in [-0.15, -0.1) is 0 Å². The number of hydrogen-bond acceptors (Lipinski definition) is 3. The largest absolute Gasteiger partial charge is 0.487 e. The Labute approximate surface area is 135 Å². The first-order valence-electron chi connectivity index (χ1n) is 6.85. The SMILES string of the molecule is Cc1oc(CNC(C)C)cc1COc1cc(Cl)ccc1Cl. The predicted octanol–water partition coefficient (Wildman–Crippen LogP) is 4.97. The van der Waals surface area contributed by atoms with Crippen molar-refractivity contribution in [3.8, 4) is 5.75 Å². The molecule has 21 heavy (non-hydrogen) atoms. The smallest absolute Gasteiger partial charge is 0.139 e. The zero-order chi connectivity index (χ0) is 15.4. The fourth-order valence-corrected chi connectivity index (χ4v) is 2.20. The van der Waals surface area contributed by atoms with Crippen molar-refractivity contribution in [1.82, 2.24) is 5.32 Å². The summed E-state index contributed by atoms with van der Waals surface area (Å²) in [6.07, 6.45) is 0. The van der Waals surface area contributed by atoms with E-state index >= 15 is 0 Å². The van der Waals surface area contributed by atoms with E-state index in [1.807, 2.05) is 13.0 Å². The third kappa shape index (κ3) is 4.67. The molecular formula is C16H19Cl2NO2. The van der Waals surface area contributed by atoms with Crippen LogP contribution < -0.4 is 10.1 Å². The molecule has 0 aliphatic carbocycles. The monoisotopic (exact) mass is 327 g/mol. The van der Waals surface area contributed by atoms with Crippen LogP contribution >= 0.6 is 23.2 Å². The fraction of sp³-hybridized carbons (Fsp3) is 0.375. The second-order valence-corrected chi connectivity index (χ2v) is 6.04. The molecule has 2 rings (SSSR count). The number of aryl methyl sites for hydroxylation is 1. The Bertz CT molecular complexity index is 608. The summed E-state index contributed by atoms with van der Waals surface area (Å²) in [6, 6.07) is 7.58. The van der Waals surface area contributed by atoms with E-state index < -0.39 is 0 Å². The fourth-order valence-electron chi connectivity index (χ4n) is 1.87. The second kappa shape index (κ2) is 7.21. The van der Waals surface area contributed by atoms with E-state index in [0.717, 1.165) is 17.1 Å². The van der Waals surface area contributed by atoms with Crippen molar-refractivity contribution in [2.24, 2.45) is 0 Å². The van der Waals surface area contributed by atoms with E-state index in [1.54, 1.807) is 18.2 Å². The van der Waals surface area contributed by atoms with E-state index in [4.69, 9.17) is 32.4 Å². The Morgan fingerprint density at radius 1 is 1.24 bits per heavy atom. The van der Waals surface area contributed by atoms with Crippen LogP contribution in [0, 0.1) is 6.92 Å². The average molecular weight is 328 g/mol. The van der Waals surface area contributed by atoms with Gasteiger partial charge in [0.05, 0.1) is 11.6 Å². The quantitative estimate of drug-likeness (QED) is 0.813. The maximum absolute atomic E-state index is 6.07. The molecule has 3 nitrogen and oxygen atoms in total. The summed E-state index contributed by atoms with van der Waals surface area (Å²) in [5.74, 6) is 2.33. The number of nitrogens with one attached hydrogen (secondary N) is 1. The molecule has 0 aliphatic rings. The predicted molar refractivity (Wildman–Crippen MR) is 86.2 cm³/mol. The summed E-state index contributed by atoms with van der Waals surface area (Å²) < 4.78 is 11.4. The first-order valence-corrected chi connectivity index (χ1v) is 7.60. The maximum Gasteiger partial charge on any atom is 0.139 e. The lowest BCUT2D eigenvalue weighted by Gasteiger charge is -2.07. The molecule has 0 unspecified atom stereocenters. The molecule has 0 atom stereocenters. The van der Waals surface area contributed by atoms with Gasteiger partial charge in [-0.1, -0.05) is 37.0 Å². The molecule has 0 aliphatic heterocycles. The molecule has 0 amide bonds. The first-order chi connectivity index (χ1) is 9.95. The van der Waals surface area contributed by atoms with Gasteiger partial charge in [-0.3, -0.25) is 0 Å². The molecule has 0 saturated carbocycles. The summed E-state index contributed by atoms with van der Waals surface area (Å²) in [5, 5.41) is 4.46. The minimum absolute atomic E-state index is 0.400. The summed E-state index contributed by atoms with van der Waals surface area (Å²) in [5.41, 5.74) is 1.01. The van der Waals surface area contributed by atoms with Crippen molar-refractivity contribution >= 4 is 23.2 Å². The lowest BCUT2D eigenvalue weighted by atomic mass is 10.2.